The zero-order valence-electron chi connectivity index (χ0n) is 17.6. The standard InChI is InChI=1S/C27H17Br3O3S/c28-18-10-11-23-25(17-8-4-5-9-22(17)34-23)24(18)16-13-19(29)26(20(30)14-16)33-21(27(31)32)12-15-6-2-1-3-7-15/h1-11,13-14,21H,12H2,(H,31,32). The fraction of sp³-hybridized carbons (Fsp3) is 0.0741. The van der Waals surface area contributed by atoms with Gasteiger partial charge in [0.1, 0.15) is 5.75 Å². The second-order valence-corrected chi connectivity index (χ2v) is 11.4. The van der Waals surface area contributed by atoms with Crippen LogP contribution in [0.5, 0.6) is 5.75 Å². The molecular weight excluding hydrogens is 644 g/mol. The van der Waals surface area contributed by atoms with Gasteiger partial charge in [0.05, 0.1) is 8.95 Å². The zero-order valence-corrected chi connectivity index (χ0v) is 23.2. The first-order chi connectivity index (χ1) is 16.4. The molecule has 0 aliphatic heterocycles. The Bertz CT molecular complexity index is 1510. The molecule has 5 aromatic rings. The fourth-order valence-corrected chi connectivity index (χ4v) is 7.09. The zero-order chi connectivity index (χ0) is 23.8. The van der Waals surface area contributed by atoms with Crippen LogP contribution in [-0.2, 0) is 11.2 Å². The topological polar surface area (TPSA) is 46.5 Å². The van der Waals surface area contributed by atoms with Gasteiger partial charge in [0, 0.05) is 36.6 Å². The highest BCUT2D eigenvalue weighted by Gasteiger charge is 2.24. The Kier molecular flexibility index (Phi) is 6.80. The molecule has 0 saturated carbocycles. The highest BCUT2D eigenvalue weighted by Crippen LogP contribution is 2.46. The number of carbonyl (C=O) groups is 1. The van der Waals surface area contributed by atoms with Gasteiger partial charge in [-0.25, -0.2) is 4.79 Å². The number of benzene rings is 4. The Morgan fingerprint density at radius 3 is 2.24 bits per heavy atom. The van der Waals surface area contributed by atoms with E-state index < -0.39 is 12.1 Å². The number of halogens is 3. The number of rotatable bonds is 6. The lowest BCUT2D eigenvalue weighted by Gasteiger charge is -2.19. The van der Waals surface area contributed by atoms with Crippen LogP contribution in [0.3, 0.4) is 0 Å². The number of hydrogen-bond acceptors (Lipinski definition) is 3. The van der Waals surface area contributed by atoms with E-state index in [0.717, 1.165) is 21.2 Å². The molecule has 0 aliphatic carbocycles. The average molecular weight is 661 g/mol. The van der Waals surface area contributed by atoms with Crippen LogP contribution >= 0.6 is 59.1 Å². The minimum Gasteiger partial charge on any atom is -0.478 e. The number of thiophene rings is 1. The smallest absolute Gasteiger partial charge is 0.345 e. The van der Waals surface area contributed by atoms with Crippen molar-refractivity contribution in [2.45, 2.75) is 12.5 Å². The molecule has 0 aliphatic rings. The molecule has 3 nitrogen and oxygen atoms in total. The molecule has 0 amide bonds. The fourth-order valence-electron chi connectivity index (χ4n) is 4.04. The quantitative estimate of drug-likeness (QED) is 0.198. The Labute approximate surface area is 225 Å². The summed E-state index contributed by atoms with van der Waals surface area (Å²) in [6, 6.07) is 26.0. The van der Waals surface area contributed by atoms with E-state index in [-0.39, 0.29) is 6.42 Å². The van der Waals surface area contributed by atoms with Gasteiger partial charge in [-0.3, -0.25) is 0 Å². The van der Waals surface area contributed by atoms with Crippen molar-refractivity contribution < 1.29 is 14.6 Å². The van der Waals surface area contributed by atoms with Gasteiger partial charge in [-0.1, -0.05) is 64.5 Å². The van der Waals surface area contributed by atoms with Crippen LogP contribution in [-0.4, -0.2) is 17.2 Å². The Hall–Kier alpha value is -2.19. The molecule has 7 heteroatoms. The predicted molar refractivity (Wildman–Crippen MR) is 150 cm³/mol. The molecule has 1 heterocycles. The summed E-state index contributed by atoms with van der Waals surface area (Å²) >= 11 is 12.8. The van der Waals surface area contributed by atoms with E-state index in [9.17, 15) is 9.90 Å². The molecule has 4 aromatic carbocycles. The molecule has 5 rings (SSSR count). The van der Waals surface area contributed by atoms with Crippen LogP contribution in [0, 0.1) is 0 Å². The number of ether oxygens (including phenoxy) is 1. The van der Waals surface area contributed by atoms with Gasteiger partial charge in [-0.15, -0.1) is 11.3 Å². The molecule has 0 radical (unpaired) electrons. The van der Waals surface area contributed by atoms with E-state index in [4.69, 9.17) is 4.74 Å². The summed E-state index contributed by atoms with van der Waals surface area (Å²) in [5.74, 6) is -0.547. The molecule has 0 saturated heterocycles. The summed E-state index contributed by atoms with van der Waals surface area (Å²) in [6.07, 6.45) is -0.750. The van der Waals surface area contributed by atoms with Gasteiger partial charge < -0.3 is 9.84 Å². The van der Waals surface area contributed by atoms with Crippen LogP contribution < -0.4 is 4.74 Å². The van der Waals surface area contributed by atoms with E-state index in [2.05, 4.69) is 84.2 Å². The number of aliphatic carboxylic acids is 1. The summed E-state index contributed by atoms with van der Waals surface area (Å²) in [5, 5.41) is 12.2. The lowest BCUT2D eigenvalue weighted by molar-refractivity contribution is -0.145. The lowest BCUT2D eigenvalue weighted by Crippen LogP contribution is -2.29. The molecule has 0 bridgehead atoms. The first kappa shape index (κ1) is 23.5. The average Bonchev–Trinajstić information content (AvgIpc) is 3.19. The maximum atomic E-state index is 11.9. The van der Waals surface area contributed by atoms with Crippen LogP contribution in [0.15, 0.2) is 92.3 Å². The highest BCUT2D eigenvalue weighted by atomic mass is 79.9. The monoisotopic (exact) mass is 658 g/mol. The van der Waals surface area contributed by atoms with Crippen molar-refractivity contribution in [1.82, 2.24) is 0 Å². The number of carboxylic acid groups (broad SMARTS) is 1. The second kappa shape index (κ2) is 9.82. The van der Waals surface area contributed by atoms with E-state index in [1.54, 1.807) is 11.3 Å². The Morgan fingerprint density at radius 1 is 0.853 bits per heavy atom. The summed E-state index contributed by atoms with van der Waals surface area (Å²) in [4.78, 5) is 11.9. The molecular formula is C27H17Br3O3S. The van der Waals surface area contributed by atoms with Crippen molar-refractivity contribution >= 4 is 85.3 Å². The van der Waals surface area contributed by atoms with Gasteiger partial charge in [-0.05, 0) is 73.3 Å². The first-order valence-corrected chi connectivity index (χ1v) is 13.6. The van der Waals surface area contributed by atoms with Crippen LogP contribution in [0.4, 0.5) is 0 Å². The minimum absolute atomic E-state index is 0.266. The summed E-state index contributed by atoms with van der Waals surface area (Å²) in [6.45, 7) is 0. The van der Waals surface area contributed by atoms with E-state index in [1.807, 2.05) is 42.5 Å². The lowest BCUT2D eigenvalue weighted by atomic mass is 9.99. The third-order valence-corrected chi connectivity index (χ3v) is 8.55. The van der Waals surface area contributed by atoms with Gasteiger partial charge >= 0.3 is 5.97 Å². The minimum atomic E-state index is -1.02. The molecule has 34 heavy (non-hydrogen) atoms. The summed E-state index contributed by atoms with van der Waals surface area (Å²) in [5.41, 5.74) is 2.97. The molecule has 1 atom stereocenters. The van der Waals surface area contributed by atoms with Gasteiger partial charge in [0.2, 0.25) is 0 Å². The van der Waals surface area contributed by atoms with E-state index in [0.29, 0.717) is 14.7 Å². The Morgan fingerprint density at radius 2 is 1.53 bits per heavy atom. The normalized spacial score (nSPS) is 12.2. The largest absolute Gasteiger partial charge is 0.478 e. The molecule has 0 spiro atoms. The van der Waals surface area contributed by atoms with Gasteiger partial charge in [0.15, 0.2) is 6.10 Å². The molecule has 170 valence electrons. The van der Waals surface area contributed by atoms with Crippen molar-refractivity contribution in [3.05, 3.63) is 97.8 Å². The van der Waals surface area contributed by atoms with Crippen LogP contribution in [0.25, 0.3) is 31.3 Å². The molecule has 0 fully saturated rings. The van der Waals surface area contributed by atoms with E-state index >= 15 is 0 Å². The SMILES string of the molecule is O=C(O)C(Cc1ccccc1)Oc1c(Br)cc(-c2c(Br)ccc3sc4ccccc4c23)cc1Br. The summed E-state index contributed by atoms with van der Waals surface area (Å²) < 4.78 is 10.8. The predicted octanol–water partition coefficient (Wildman–Crippen LogP) is 9.08. The van der Waals surface area contributed by atoms with Crippen molar-refractivity contribution in [2.75, 3.05) is 0 Å². The molecule has 1 aromatic heterocycles. The Balaban J connectivity index is 1.57. The third-order valence-electron chi connectivity index (χ3n) is 5.58. The number of carboxylic acids is 1. The molecule has 1 unspecified atom stereocenters. The van der Waals surface area contributed by atoms with Crippen molar-refractivity contribution in [2.24, 2.45) is 0 Å². The van der Waals surface area contributed by atoms with Crippen LogP contribution in [0.1, 0.15) is 5.56 Å². The first-order valence-electron chi connectivity index (χ1n) is 10.4. The highest BCUT2D eigenvalue weighted by molar-refractivity contribution is 9.11. The van der Waals surface area contributed by atoms with Crippen molar-refractivity contribution in [1.29, 1.82) is 0 Å². The van der Waals surface area contributed by atoms with Crippen molar-refractivity contribution in [3.63, 3.8) is 0 Å². The maximum absolute atomic E-state index is 11.9. The van der Waals surface area contributed by atoms with Gasteiger partial charge in [-0.2, -0.15) is 0 Å². The van der Waals surface area contributed by atoms with E-state index in [1.165, 1.54) is 20.2 Å². The second-order valence-electron chi connectivity index (χ2n) is 7.80. The van der Waals surface area contributed by atoms with Gasteiger partial charge in [0.25, 0.3) is 0 Å². The maximum Gasteiger partial charge on any atom is 0.345 e. The molecule has 1 N–H and O–H groups in total. The van der Waals surface area contributed by atoms with Crippen molar-refractivity contribution in [3.8, 4) is 16.9 Å². The number of fused-ring (bicyclic) bond motifs is 3. The number of hydrogen-bond donors (Lipinski definition) is 1. The summed E-state index contributed by atoms with van der Waals surface area (Å²) in [7, 11) is 0. The van der Waals surface area contributed by atoms with Crippen LogP contribution in [0.2, 0.25) is 0 Å². The third kappa shape index (κ3) is 4.54.